The molecule has 1 saturated carbocycles. The molecular weight excluding hydrogens is 302 g/mol. The van der Waals surface area contributed by atoms with Gasteiger partial charge >= 0.3 is 0 Å². The molecule has 0 aromatic carbocycles. The van der Waals surface area contributed by atoms with Gasteiger partial charge in [-0.05, 0) is 32.8 Å². The van der Waals surface area contributed by atoms with Gasteiger partial charge in [0.2, 0.25) is 5.88 Å². The third kappa shape index (κ3) is 3.71. The summed E-state index contributed by atoms with van der Waals surface area (Å²) in [6.07, 6.45) is 10.7. The van der Waals surface area contributed by atoms with Crippen LogP contribution in [0.4, 0.5) is 0 Å². The smallest absolute Gasteiger partial charge is 0.213 e. The number of hydrogen-bond donors (Lipinski definition) is 0. The van der Waals surface area contributed by atoms with Crippen LogP contribution >= 0.6 is 0 Å². The molecule has 1 fully saturated rings. The number of hydrogen-bond acceptors (Lipinski definition) is 4. The number of imidazole rings is 1. The van der Waals surface area contributed by atoms with Gasteiger partial charge in [0.05, 0.1) is 26.2 Å². The first kappa shape index (κ1) is 16.8. The van der Waals surface area contributed by atoms with Crippen LogP contribution in [0.25, 0.3) is 0 Å². The minimum absolute atomic E-state index is 0.441. The minimum atomic E-state index is 0.441. The maximum absolute atomic E-state index is 6.03. The molecule has 24 heavy (non-hydrogen) atoms. The highest BCUT2D eigenvalue weighted by molar-refractivity contribution is 5.23. The molecule has 0 saturated heterocycles. The lowest BCUT2D eigenvalue weighted by Gasteiger charge is -2.32. The predicted octanol–water partition coefficient (Wildman–Crippen LogP) is 4.22. The van der Waals surface area contributed by atoms with E-state index in [4.69, 9.17) is 9.47 Å². The first-order valence-electron chi connectivity index (χ1n) is 8.83. The molecule has 3 rings (SSSR count). The fourth-order valence-corrected chi connectivity index (χ4v) is 3.61. The van der Waals surface area contributed by atoms with Crippen LogP contribution in [0.15, 0.2) is 30.9 Å². The van der Waals surface area contributed by atoms with Crippen molar-refractivity contribution in [2.45, 2.75) is 51.5 Å². The topological polar surface area (TPSA) is 49.2 Å². The van der Waals surface area contributed by atoms with Crippen LogP contribution in [-0.4, -0.2) is 28.3 Å². The van der Waals surface area contributed by atoms with E-state index >= 15 is 0 Å². The molecule has 130 valence electrons. The first-order valence-corrected chi connectivity index (χ1v) is 8.83. The maximum atomic E-state index is 6.03. The second-order valence-electron chi connectivity index (χ2n) is 6.82. The molecule has 1 aliphatic carbocycles. The van der Waals surface area contributed by atoms with Crippen LogP contribution in [0.2, 0.25) is 0 Å². The van der Waals surface area contributed by atoms with Gasteiger partial charge in [-0.1, -0.05) is 12.8 Å². The Morgan fingerprint density at radius 2 is 2.04 bits per heavy atom. The molecule has 2 aromatic rings. The summed E-state index contributed by atoms with van der Waals surface area (Å²) in [4.78, 5) is 8.59. The third-order valence-corrected chi connectivity index (χ3v) is 4.92. The van der Waals surface area contributed by atoms with E-state index in [9.17, 15) is 0 Å². The fourth-order valence-electron chi connectivity index (χ4n) is 3.61. The van der Waals surface area contributed by atoms with E-state index in [0.29, 0.717) is 23.8 Å². The van der Waals surface area contributed by atoms with Crippen molar-refractivity contribution in [3.63, 3.8) is 0 Å². The van der Waals surface area contributed by atoms with Crippen LogP contribution in [0.3, 0.4) is 0 Å². The van der Waals surface area contributed by atoms with E-state index < -0.39 is 0 Å². The minimum Gasteiger partial charge on any atom is -0.492 e. The normalized spacial score (nSPS) is 21.0. The molecule has 5 heteroatoms. The van der Waals surface area contributed by atoms with Crippen molar-refractivity contribution in [2.75, 3.05) is 13.7 Å². The Bertz CT molecular complexity index is 636. The van der Waals surface area contributed by atoms with Gasteiger partial charge in [0.1, 0.15) is 5.75 Å². The number of nitrogens with zero attached hydrogens (tertiary/aromatic N) is 3. The molecule has 0 amide bonds. The van der Waals surface area contributed by atoms with Crippen LogP contribution in [0.5, 0.6) is 11.6 Å². The van der Waals surface area contributed by atoms with Crippen LogP contribution in [0, 0.1) is 5.92 Å². The van der Waals surface area contributed by atoms with Crippen molar-refractivity contribution in [3.8, 4) is 11.6 Å². The van der Waals surface area contributed by atoms with Crippen molar-refractivity contribution in [1.82, 2.24) is 14.5 Å². The van der Waals surface area contributed by atoms with E-state index in [1.165, 1.54) is 31.4 Å². The highest BCUT2D eigenvalue weighted by atomic mass is 16.5. The average molecular weight is 329 g/mol. The Hall–Kier alpha value is -2.04. The summed E-state index contributed by atoms with van der Waals surface area (Å²) in [6.45, 7) is 5.15. The largest absolute Gasteiger partial charge is 0.492 e. The van der Waals surface area contributed by atoms with Crippen molar-refractivity contribution in [3.05, 3.63) is 36.5 Å². The highest BCUT2D eigenvalue weighted by Gasteiger charge is 2.29. The zero-order valence-electron chi connectivity index (χ0n) is 14.8. The summed E-state index contributed by atoms with van der Waals surface area (Å²) >= 11 is 0. The van der Waals surface area contributed by atoms with Gasteiger partial charge in [-0.25, -0.2) is 9.97 Å². The molecule has 2 unspecified atom stereocenters. The summed E-state index contributed by atoms with van der Waals surface area (Å²) < 4.78 is 13.4. The van der Waals surface area contributed by atoms with Gasteiger partial charge in [0.25, 0.3) is 0 Å². The second-order valence-corrected chi connectivity index (χ2v) is 6.82. The Kier molecular flexibility index (Phi) is 5.38. The Balaban J connectivity index is 1.69. The maximum Gasteiger partial charge on any atom is 0.213 e. The van der Waals surface area contributed by atoms with Crippen molar-refractivity contribution >= 4 is 0 Å². The van der Waals surface area contributed by atoms with E-state index in [1.807, 2.05) is 24.7 Å². The summed E-state index contributed by atoms with van der Waals surface area (Å²) in [5, 5.41) is 0. The van der Waals surface area contributed by atoms with Gasteiger partial charge in [-0.3, -0.25) is 0 Å². The van der Waals surface area contributed by atoms with E-state index in [1.54, 1.807) is 13.3 Å². The zero-order chi connectivity index (χ0) is 16.9. The zero-order valence-corrected chi connectivity index (χ0v) is 14.8. The molecule has 0 radical (unpaired) electrons. The van der Waals surface area contributed by atoms with Crippen LogP contribution in [-0.2, 0) is 0 Å². The SMILES string of the molecule is COc1ccc(OCC2CCCCC2c2cncn2C(C)C)cn1. The van der Waals surface area contributed by atoms with Crippen molar-refractivity contribution < 1.29 is 9.47 Å². The van der Waals surface area contributed by atoms with Gasteiger partial charge < -0.3 is 14.0 Å². The lowest BCUT2D eigenvalue weighted by atomic mass is 9.78. The average Bonchev–Trinajstić information content (AvgIpc) is 3.10. The summed E-state index contributed by atoms with van der Waals surface area (Å²) in [5.41, 5.74) is 1.35. The fraction of sp³-hybridized carbons (Fsp3) is 0.579. The molecule has 2 aromatic heterocycles. The number of rotatable bonds is 6. The number of methoxy groups -OCH3 is 1. The molecule has 0 spiro atoms. The Labute approximate surface area is 144 Å². The standard InChI is InChI=1S/C19H27N3O2/c1-14(2)22-13-20-11-18(22)17-7-5-4-6-15(17)12-24-16-8-9-19(23-3)21-10-16/h8-11,13-15,17H,4-7,12H2,1-3H3. The summed E-state index contributed by atoms with van der Waals surface area (Å²) in [5.74, 6) is 2.46. The molecule has 2 heterocycles. The molecule has 0 bridgehead atoms. The van der Waals surface area contributed by atoms with E-state index in [2.05, 4.69) is 28.4 Å². The van der Waals surface area contributed by atoms with Gasteiger partial charge in [0, 0.05) is 35.8 Å². The Morgan fingerprint density at radius 1 is 1.21 bits per heavy atom. The quantitative estimate of drug-likeness (QED) is 0.796. The Morgan fingerprint density at radius 3 is 2.75 bits per heavy atom. The molecule has 0 N–H and O–H groups in total. The molecule has 5 nitrogen and oxygen atoms in total. The van der Waals surface area contributed by atoms with E-state index in [0.717, 1.165) is 12.4 Å². The van der Waals surface area contributed by atoms with Gasteiger partial charge in [-0.2, -0.15) is 0 Å². The number of pyridine rings is 1. The molecule has 1 aliphatic rings. The second kappa shape index (κ2) is 7.69. The molecular formula is C19H27N3O2. The summed E-state index contributed by atoms with van der Waals surface area (Å²) in [7, 11) is 1.62. The number of ether oxygens (including phenoxy) is 2. The van der Waals surface area contributed by atoms with Crippen LogP contribution < -0.4 is 9.47 Å². The predicted molar refractivity (Wildman–Crippen MR) is 93.6 cm³/mol. The third-order valence-electron chi connectivity index (χ3n) is 4.92. The van der Waals surface area contributed by atoms with Gasteiger partial charge in [-0.15, -0.1) is 0 Å². The van der Waals surface area contributed by atoms with Crippen LogP contribution in [0.1, 0.15) is 57.2 Å². The number of aromatic nitrogens is 3. The van der Waals surface area contributed by atoms with Crippen molar-refractivity contribution in [2.24, 2.45) is 5.92 Å². The van der Waals surface area contributed by atoms with E-state index in [-0.39, 0.29) is 0 Å². The molecule has 0 aliphatic heterocycles. The van der Waals surface area contributed by atoms with Crippen molar-refractivity contribution in [1.29, 1.82) is 0 Å². The monoisotopic (exact) mass is 329 g/mol. The highest BCUT2D eigenvalue weighted by Crippen LogP contribution is 2.38. The first-order chi connectivity index (χ1) is 11.7. The molecule has 2 atom stereocenters. The van der Waals surface area contributed by atoms with Gasteiger partial charge in [0.15, 0.2) is 0 Å². The lowest BCUT2D eigenvalue weighted by Crippen LogP contribution is -2.26. The lowest BCUT2D eigenvalue weighted by molar-refractivity contribution is 0.181. The summed E-state index contributed by atoms with van der Waals surface area (Å²) in [6, 6.07) is 4.19.